The highest BCUT2D eigenvalue weighted by molar-refractivity contribution is 7.98. The summed E-state index contributed by atoms with van der Waals surface area (Å²) >= 11 is 1.76. The van der Waals surface area contributed by atoms with Crippen molar-refractivity contribution in [3.63, 3.8) is 0 Å². The van der Waals surface area contributed by atoms with Crippen LogP contribution in [0.25, 0.3) is 0 Å². The Kier molecular flexibility index (Phi) is 4.98. The molecule has 0 aliphatic heterocycles. The van der Waals surface area contributed by atoms with E-state index in [0.29, 0.717) is 23.5 Å². The van der Waals surface area contributed by atoms with Crippen LogP contribution in [0.15, 0.2) is 18.2 Å². The Bertz CT molecular complexity index is 368. The van der Waals surface area contributed by atoms with Crippen LogP contribution >= 0.6 is 11.8 Å². The quantitative estimate of drug-likeness (QED) is 0.535. The molecule has 5 heteroatoms. The number of nitrogen functional groups attached to an aromatic ring is 2. The van der Waals surface area contributed by atoms with Gasteiger partial charge in [-0.25, -0.2) is 0 Å². The minimum absolute atomic E-state index is 0.140. The summed E-state index contributed by atoms with van der Waals surface area (Å²) in [6.45, 7) is 0.670. The van der Waals surface area contributed by atoms with Gasteiger partial charge in [-0.15, -0.1) is 0 Å². The molecule has 5 N–H and O–H groups in total. The zero-order valence-electron chi connectivity index (χ0n) is 9.32. The molecular formula is C11H17N3OS. The molecule has 1 rings (SSSR count). The van der Waals surface area contributed by atoms with Crippen molar-refractivity contribution >= 4 is 29.0 Å². The number of thioether (sulfide) groups is 1. The standard InChI is InChI=1S/C11H17N3OS/c1-16-6-2-5-14-11(15)9-4-3-8(12)7-10(9)13/h3-4,7H,2,5-6,12-13H2,1H3,(H,14,15). The van der Waals surface area contributed by atoms with Crippen molar-refractivity contribution in [2.75, 3.05) is 30.0 Å². The molecule has 0 bridgehead atoms. The van der Waals surface area contributed by atoms with Crippen LogP contribution in [0.2, 0.25) is 0 Å². The van der Waals surface area contributed by atoms with Gasteiger partial charge in [-0.3, -0.25) is 4.79 Å². The maximum absolute atomic E-state index is 11.7. The maximum atomic E-state index is 11.7. The van der Waals surface area contributed by atoms with Crippen molar-refractivity contribution in [1.29, 1.82) is 0 Å². The average Bonchev–Trinajstić information content (AvgIpc) is 2.24. The Morgan fingerprint density at radius 1 is 1.44 bits per heavy atom. The molecule has 4 nitrogen and oxygen atoms in total. The lowest BCUT2D eigenvalue weighted by Gasteiger charge is -2.07. The zero-order valence-corrected chi connectivity index (χ0v) is 10.1. The first-order valence-corrected chi connectivity index (χ1v) is 6.46. The van der Waals surface area contributed by atoms with Gasteiger partial charge in [0.25, 0.3) is 5.91 Å². The fourth-order valence-electron chi connectivity index (χ4n) is 1.30. The van der Waals surface area contributed by atoms with E-state index in [-0.39, 0.29) is 5.91 Å². The van der Waals surface area contributed by atoms with Crippen LogP contribution in [0.5, 0.6) is 0 Å². The second kappa shape index (κ2) is 6.27. The van der Waals surface area contributed by atoms with E-state index in [0.717, 1.165) is 12.2 Å². The highest BCUT2D eigenvalue weighted by Gasteiger charge is 2.08. The highest BCUT2D eigenvalue weighted by atomic mass is 32.2. The molecule has 0 aromatic heterocycles. The molecule has 0 unspecified atom stereocenters. The fraction of sp³-hybridized carbons (Fsp3) is 0.364. The summed E-state index contributed by atoms with van der Waals surface area (Å²) in [6, 6.07) is 4.92. The number of hydrogen-bond acceptors (Lipinski definition) is 4. The predicted molar refractivity (Wildman–Crippen MR) is 70.6 cm³/mol. The summed E-state index contributed by atoms with van der Waals surface area (Å²) in [6.07, 6.45) is 3.00. The third kappa shape index (κ3) is 3.66. The molecule has 0 saturated carbocycles. The first-order chi connectivity index (χ1) is 7.65. The molecule has 0 fully saturated rings. The number of benzene rings is 1. The Morgan fingerprint density at radius 2 is 2.19 bits per heavy atom. The number of amides is 1. The monoisotopic (exact) mass is 239 g/mol. The maximum Gasteiger partial charge on any atom is 0.253 e. The average molecular weight is 239 g/mol. The number of rotatable bonds is 5. The Hall–Kier alpha value is -1.36. The number of carbonyl (C=O) groups excluding carboxylic acids is 1. The SMILES string of the molecule is CSCCCNC(=O)c1ccc(N)cc1N. The third-order valence-corrected chi connectivity index (χ3v) is 2.83. The van der Waals surface area contributed by atoms with Gasteiger partial charge in [-0.05, 0) is 36.6 Å². The van der Waals surface area contributed by atoms with E-state index in [4.69, 9.17) is 11.5 Å². The lowest BCUT2D eigenvalue weighted by molar-refractivity contribution is 0.0954. The smallest absolute Gasteiger partial charge is 0.253 e. The van der Waals surface area contributed by atoms with Crippen molar-refractivity contribution < 1.29 is 4.79 Å². The van der Waals surface area contributed by atoms with Gasteiger partial charge in [-0.1, -0.05) is 0 Å². The largest absolute Gasteiger partial charge is 0.399 e. The van der Waals surface area contributed by atoms with Crippen molar-refractivity contribution in [1.82, 2.24) is 5.32 Å². The van der Waals surface area contributed by atoms with Crippen LogP contribution in [0, 0.1) is 0 Å². The Labute approximate surface area is 99.8 Å². The van der Waals surface area contributed by atoms with Crippen LogP contribution in [-0.2, 0) is 0 Å². The molecule has 0 radical (unpaired) electrons. The van der Waals surface area contributed by atoms with Gasteiger partial charge in [-0.2, -0.15) is 11.8 Å². The van der Waals surface area contributed by atoms with Gasteiger partial charge < -0.3 is 16.8 Å². The van der Waals surface area contributed by atoms with Crippen molar-refractivity contribution in [2.45, 2.75) is 6.42 Å². The molecule has 1 aromatic rings. The summed E-state index contributed by atoms with van der Waals surface area (Å²) in [7, 11) is 0. The van der Waals surface area contributed by atoms with Gasteiger partial charge in [0.05, 0.1) is 5.56 Å². The molecule has 0 spiro atoms. The van der Waals surface area contributed by atoms with Gasteiger partial charge in [0.15, 0.2) is 0 Å². The molecule has 0 atom stereocenters. The molecule has 0 aliphatic rings. The molecule has 1 amide bonds. The second-order valence-electron chi connectivity index (χ2n) is 3.45. The molecule has 16 heavy (non-hydrogen) atoms. The van der Waals surface area contributed by atoms with E-state index in [2.05, 4.69) is 5.32 Å². The minimum atomic E-state index is -0.140. The highest BCUT2D eigenvalue weighted by Crippen LogP contribution is 2.15. The number of hydrogen-bond donors (Lipinski definition) is 3. The lowest BCUT2D eigenvalue weighted by atomic mass is 10.1. The van der Waals surface area contributed by atoms with Crippen LogP contribution in [0.3, 0.4) is 0 Å². The van der Waals surface area contributed by atoms with E-state index in [1.165, 1.54) is 0 Å². The lowest BCUT2D eigenvalue weighted by Crippen LogP contribution is -2.25. The van der Waals surface area contributed by atoms with E-state index >= 15 is 0 Å². The van der Waals surface area contributed by atoms with E-state index in [1.807, 2.05) is 6.26 Å². The number of nitrogens with two attached hydrogens (primary N) is 2. The zero-order chi connectivity index (χ0) is 12.0. The molecule has 1 aromatic carbocycles. The second-order valence-corrected chi connectivity index (χ2v) is 4.43. The number of nitrogens with one attached hydrogen (secondary N) is 1. The first kappa shape index (κ1) is 12.7. The van der Waals surface area contributed by atoms with E-state index in [9.17, 15) is 4.79 Å². The van der Waals surface area contributed by atoms with Gasteiger partial charge in [0, 0.05) is 17.9 Å². The van der Waals surface area contributed by atoms with E-state index in [1.54, 1.807) is 30.0 Å². The molecule has 0 aliphatic carbocycles. The minimum Gasteiger partial charge on any atom is -0.399 e. The number of anilines is 2. The van der Waals surface area contributed by atoms with Crippen molar-refractivity contribution in [3.8, 4) is 0 Å². The predicted octanol–water partition coefficient (Wildman–Crippen LogP) is 1.33. The summed E-state index contributed by atoms with van der Waals surface area (Å²) < 4.78 is 0. The summed E-state index contributed by atoms with van der Waals surface area (Å²) in [5.74, 6) is 0.899. The van der Waals surface area contributed by atoms with Crippen molar-refractivity contribution in [2.24, 2.45) is 0 Å². The normalized spacial score (nSPS) is 10.1. The first-order valence-electron chi connectivity index (χ1n) is 5.07. The van der Waals surface area contributed by atoms with Crippen LogP contribution in [0.4, 0.5) is 11.4 Å². The summed E-state index contributed by atoms with van der Waals surface area (Å²) in [4.78, 5) is 11.7. The molecule has 88 valence electrons. The van der Waals surface area contributed by atoms with Gasteiger partial charge >= 0.3 is 0 Å². The third-order valence-electron chi connectivity index (χ3n) is 2.13. The van der Waals surface area contributed by atoms with Crippen molar-refractivity contribution in [3.05, 3.63) is 23.8 Å². The van der Waals surface area contributed by atoms with Crippen LogP contribution in [0.1, 0.15) is 16.8 Å². The molecular weight excluding hydrogens is 222 g/mol. The fourth-order valence-corrected chi connectivity index (χ4v) is 1.73. The molecule has 0 heterocycles. The van der Waals surface area contributed by atoms with Crippen LogP contribution in [-0.4, -0.2) is 24.5 Å². The number of carbonyl (C=O) groups is 1. The Balaban J connectivity index is 2.53. The van der Waals surface area contributed by atoms with Crippen LogP contribution < -0.4 is 16.8 Å². The summed E-state index contributed by atoms with van der Waals surface area (Å²) in [5, 5.41) is 2.82. The molecule has 0 saturated heterocycles. The van der Waals surface area contributed by atoms with Gasteiger partial charge in [0.2, 0.25) is 0 Å². The summed E-state index contributed by atoms with van der Waals surface area (Å²) in [5.41, 5.74) is 12.7. The Morgan fingerprint density at radius 3 is 2.81 bits per heavy atom. The van der Waals surface area contributed by atoms with E-state index < -0.39 is 0 Å². The topological polar surface area (TPSA) is 81.1 Å². The van der Waals surface area contributed by atoms with Gasteiger partial charge in [0.1, 0.15) is 0 Å².